The molecule has 0 bridgehead atoms. The minimum absolute atomic E-state index is 0.160. The zero-order chi connectivity index (χ0) is 11.2. The topological polar surface area (TPSA) is 23.9 Å². The van der Waals surface area contributed by atoms with Gasteiger partial charge in [0.05, 0.1) is 0 Å². The molecule has 1 N–H and O–H groups in total. The van der Waals surface area contributed by atoms with E-state index in [2.05, 4.69) is 0 Å². The molecule has 2 rings (SSSR count). The zero-order valence-corrected chi connectivity index (χ0v) is 11.4. The van der Waals surface area contributed by atoms with Crippen LogP contribution in [0.5, 0.6) is 0 Å². The van der Waals surface area contributed by atoms with Gasteiger partial charge in [0.2, 0.25) is 0 Å². The first-order valence-corrected chi connectivity index (χ1v) is 8.83. The van der Waals surface area contributed by atoms with Gasteiger partial charge in [-0.1, -0.05) is 46.4 Å². The molecule has 2 fully saturated rings. The summed E-state index contributed by atoms with van der Waals surface area (Å²) in [5, 5.41) is 7.46. The summed E-state index contributed by atoms with van der Waals surface area (Å²) in [6.45, 7) is 0. The maximum atomic E-state index is 7.46. The first kappa shape index (κ1) is 12.6. The van der Waals surface area contributed by atoms with Crippen molar-refractivity contribution >= 4 is 14.1 Å². The van der Waals surface area contributed by atoms with E-state index in [1.807, 2.05) is 0 Å². The van der Waals surface area contributed by atoms with Crippen LogP contribution in [-0.4, -0.2) is 23.7 Å². The van der Waals surface area contributed by atoms with Gasteiger partial charge in [0.1, 0.15) is 0 Å². The van der Waals surface area contributed by atoms with E-state index in [0.29, 0.717) is 0 Å². The smallest absolute Gasteiger partial charge is 0.00291 e. The average Bonchev–Trinajstić information content (AvgIpc) is 2.38. The lowest BCUT2D eigenvalue weighted by Crippen LogP contribution is -2.22. The van der Waals surface area contributed by atoms with Gasteiger partial charge >= 0.3 is 0 Å². The lowest BCUT2D eigenvalue weighted by atomic mass is 9.99. The molecule has 0 amide bonds. The van der Waals surface area contributed by atoms with Crippen LogP contribution in [0, 0.1) is 5.41 Å². The van der Waals surface area contributed by atoms with Crippen LogP contribution in [0.2, 0.25) is 0 Å². The predicted molar refractivity (Wildman–Crippen MR) is 74.3 cm³/mol. The summed E-state index contributed by atoms with van der Waals surface area (Å²) >= 11 is 0. The summed E-state index contributed by atoms with van der Waals surface area (Å²) in [4.78, 5) is 0. The maximum Gasteiger partial charge on any atom is 0.00291 e. The molecule has 2 saturated carbocycles. The van der Waals surface area contributed by atoms with E-state index >= 15 is 0 Å². The lowest BCUT2D eigenvalue weighted by molar-refractivity contribution is 0.485. The molecule has 0 spiro atoms. The summed E-state index contributed by atoms with van der Waals surface area (Å²) in [6, 6.07) is 0. The second-order valence-corrected chi connectivity index (χ2v) is 8.34. The highest BCUT2D eigenvalue weighted by Gasteiger charge is 2.29. The first-order valence-electron chi connectivity index (χ1n) is 7.16. The highest BCUT2D eigenvalue weighted by Crippen LogP contribution is 2.54. The Morgan fingerprint density at radius 2 is 1.25 bits per heavy atom. The van der Waals surface area contributed by atoms with Crippen LogP contribution in [-0.2, 0) is 0 Å². The van der Waals surface area contributed by atoms with Crippen molar-refractivity contribution < 1.29 is 0 Å². The maximum absolute atomic E-state index is 7.46. The molecule has 0 aromatic heterocycles. The van der Waals surface area contributed by atoms with E-state index in [9.17, 15) is 0 Å². The Labute approximate surface area is 102 Å². The fourth-order valence-corrected chi connectivity index (χ4v) is 6.99. The number of hydrogen-bond acceptors (Lipinski definition) is 1. The van der Waals surface area contributed by atoms with Crippen molar-refractivity contribution in [3.05, 3.63) is 0 Å². The minimum Gasteiger partial charge on any atom is -0.313 e. The number of nitrogens with one attached hydrogen (secondary N) is 1. The average molecular weight is 239 g/mol. The Morgan fingerprint density at radius 3 is 1.62 bits per heavy atom. The van der Waals surface area contributed by atoms with Crippen molar-refractivity contribution in [1.82, 2.24) is 0 Å². The normalized spacial score (nSPS) is 24.8. The fourth-order valence-electron chi connectivity index (χ4n) is 3.53. The molecule has 0 aliphatic heterocycles. The van der Waals surface area contributed by atoms with Crippen LogP contribution in [0.25, 0.3) is 0 Å². The molecule has 0 atom stereocenters. The van der Waals surface area contributed by atoms with Crippen molar-refractivity contribution in [2.75, 3.05) is 6.16 Å². The number of hydrogen-bond donors (Lipinski definition) is 1. The van der Waals surface area contributed by atoms with Crippen LogP contribution < -0.4 is 0 Å². The SMILES string of the molecule is N=CCP(C1CCCCC1)C1CCCCC1. The summed E-state index contributed by atoms with van der Waals surface area (Å²) in [7, 11) is 0.160. The van der Waals surface area contributed by atoms with Gasteiger partial charge < -0.3 is 5.41 Å². The quantitative estimate of drug-likeness (QED) is 0.539. The lowest BCUT2D eigenvalue weighted by Gasteiger charge is -2.37. The van der Waals surface area contributed by atoms with E-state index in [-0.39, 0.29) is 7.92 Å². The van der Waals surface area contributed by atoms with Gasteiger partial charge in [-0.15, -0.1) is 0 Å². The Morgan fingerprint density at radius 1 is 0.812 bits per heavy atom. The molecule has 2 aliphatic carbocycles. The third-order valence-electron chi connectivity index (χ3n) is 4.39. The Balaban J connectivity index is 1.93. The van der Waals surface area contributed by atoms with Gasteiger partial charge in [-0.25, -0.2) is 0 Å². The molecule has 1 nitrogen and oxygen atoms in total. The van der Waals surface area contributed by atoms with Gasteiger partial charge in [0.25, 0.3) is 0 Å². The highest BCUT2D eigenvalue weighted by atomic mass is 31.1. The molecule has 2 aliphatic rings. The van der Waals surface area contributed by atoms with Crippen molar-refractivity contribution in [2.45, 2.75) is 75.5 Å². The molecule has 2 heteroatoms. The minimum atomic E-state index is 0.160. The van der Waals surface area contributed by atoms with Crippen LogP contribution in [0.3, 0.4) is 0 Å². The molecule has 16 heavy (non-hydrogen) atoms. The highest BCUT2D eigenvalue weighted by molar-refractivity contribution is 7.60. The molecule has 0 heterocycles. The van der Waals surface area contributed by atoms with Gasteiger partial charge in [0.15, 0.2) is 0 Å². The van der Waals surface area contributed by atoms with Gasteiger partial charge in [-0.05, 0) is 43.2 Å². The second-order valence-electron chi connectivity index (χ2n) is 5.48. The van der Waals surface area contributed by atoms with E-state index < -0.39 is 0 Å². The van der Waals surface area contributed by atoms with E-state index in [4.69, 9.17) is 5.41 Å². The van der Waals surface area contributed by atoms with Crippen LogP contribution >= 0.6 is 7.92 Å². The molecule has 92 valence electrons. The van der Waals surface area contributed by atoms with E-state index in [1.165, 1.54) is 64.2 Å². The summed E-state index contributed by atoms with van der Waals surface area (Å²) < 4.78 is 0. The molecule has 0 aromatic carbocycles. The molecule has 0 aromatic rings. The van der Waals surface area contributed by atoms with E-state index in [1.54, 1.807) is 6.21 Å². The van der Waals surface area contributed by atoms with Gasteiger partial charge in [-0.3, -0.25) is 0 Å². The van der Waals surface area contributed by atoms with Gasteiger partial charge in [-0.2, -0.15) is 0 Å². The van der Waals surface area contributed by atoms with Crippen molar-refractivity contribution in [3.8, 4) is 0 Å². The van der Waals surface area contributed by atoms with Crippen molar-refractivity contribution in [3.63, 3.8) is 0 Å². The Kier molecular flexibility index (Phi) is 5.29. The monoisotopic (exact) mass is 239 g/mol. The molecule has 0 unspecified atom stereocenters. The Hall–Kier alpha value is 0.100. The van der Waals surface area contributed by atoms with Gasteiger partial charge in [0, 0.05) is 6.16 Å². The summed E-state index contributed by atoms with van der Waals surface area (Å²) in [6.07, 6.45) is 17.6. The number of rotatable bonds is 4. The summed E-state index contributed by atoms with van der Waals surface area (Å²) in [5.41, 5.74) is 2.04. The standard InChI is InChI=1S/C14H26NP/c15-11-12-16(13-7-3-1-4-8-13)14-9-5-2-6-10-14/h11,13-15H,1-10,12H2. The largest absolute Gasteiger partial charge is 0.313 e. The molecular weight excluding hydrogens is 213 g/mol. The Bertz CT molecular complexity index is 187. The molecule has 0 radical (unpaired) electrons. The van der Waals surface area contributed by atoms with Crippen LogP contribution in [0.15, 0.2) is 0 Å². The third kappa shape index (κ3) is 3.29. The van der Waals surface area contributed by atoms with E-state index in [0.717, 1.165) is 17.5 Å². The van der Waals surface area contributed by atoms with Crippen LogP contribution in [0.4, 0.5) is 0 Å². The molecule has 0 saturated heterocycles. The zero-order valence-electron chi connectivity index (χ0n) is 10.5. The second kappa shape index (κ2) is 6.74. The third-order valence-corrected chi connectivity index (χ3v) is 7.90. The van der Waals surface area contributed by atoms with Crippen molar-refractivity contribution in [1.29, 1.82) is 5.41 Å². The first-order chi connectivity index (χ1) is 7.92. The molecular formula is C14H26NP. The van der Waals surface area contributed by atoms with Crippen molar-refractivity contribution in [2.24, 2.45) is 0 Å². The van der Waals surface area contributed by atoms with Crippen LogP contribution in [0.1, 0.15) is 64.2 Å². The summed E-state index contributed by atoms with van der Waals surface area (Å²) in [5.74, 6) is 0. The predicted octanol–water partition coefficient (Wildman–Crippen LogP) is 4.78. The fraction of sp³-hybridized carbons (Fsp3) is 0.929.